The Balaban J connectivity index is 1.56. The highest BCUT2D eigenvalue weighted by Gasteiger charge is 2.21. The van der Waals surface area contributed by atoms with Crippen molar-refractivity contribution in [3.63, 3.8) is 0 Å². The molecule has 0 unspecified atom stereocenters. The molecule has 0 spiro atoms. The molecule has 7 heteroatoms. The van der Waals surface area contributed by atoms with Gasteiger partial charge in [0, 0.05) is 30.9 Å². The van der Waals surface area contributed by atoms with Gasteiger partial charge in [0.05, 0.1) is 5.56 Å². The van der Waals surface area contributed by atoms with Gasteiger partial charge in [-0.3, -0.25) is 15.1 Å². The number of likely N-dealkylation sites (tertiary alicyclic amines) is 1. The van der Waals surface area contributed by atoms with Crippen LogP contribution >= 0.6 is 0 Å². The lowest BCUT2D eigenvalue weighted by Gasteiger charge is -2.25. The highest BCUT2D eigenvalue weighted by molar-refractivity contribution is 5.97. The van der Waals surface area contributed by atoms with Crippen molar-refractivity contribution in [3.05, 3.63) is 54.6 Å². The van der Waals surface area contributed by atoms with Crippen LogP contribution in [0.25, 0.3) is 22.4 Å². The zero-order chi connectivity index (χ0) is 20.1. The number of nitrogens with one attached hydrogen (secondary N) is 1. The number of aromatic nitrogens is 2. The average Bonchev–Trinajstić information content (AvgIpc) is 3.17. The van der Waals surface area contributed by atoms with E-state index in [1.165, 1.54) is 31.4 Å². The molecule has 1 N–H and O–H groups in total. The second-order valence-corrected chi connectivity index (χ2v) is 7.18. The van der Waals surface area contributed by atoms with Gasteiger partial charge in [-0.25, -0.2) is 4.39 Å². The molecule has 3 heterocycles. The first-order chi connectivity index (χ1) is 14.2. The molecule has 0 aliphatic carbocycles. The summed E-state index contributed by atoms with van der Waals surface area (Å²) in [5.74, 6) is -0.152. The van der Waals surface area contributed by atoms with Crippen LogP contribution < -0.4 is 5.32 Å². The second kappa shape index (κ2) is 8.96. The lowest BCUT2D eigenvalue weighted by Crippen LogP contribution is -2.32. The van der Waals surface area contributed by atoms with Crippen LogP contribution in [0.2, 0.25) is 0 Å². The lowest BCUT2D eigenvalue weighted by molar-refractivity contribution is -0.116. The third-order valence-electron chi connectivity index (χ3n) is 5.14. The summed E-state index contributed by atoms with van der Waals surface area (Å²) < 4.78 is 18.8. The van der Waals surface area contributed by atoms with Crippen molar-refractivity contribution in [2.45, 2.75) is 25.7 Å². The van der Waals surface area contributed by atoms with Gasteiger partial charge in [0.2, 0.25) is 11.8 Å². The maximum atomic E-state index is 13.3. The van der Waals surface area contributed by atoms with Crippen molar-refractivity contribution in [2.75, 3.05) is 25.0 Å². The molecule has 0 radical (unpaired) electrons. The van der Waals surface area contributed by atoms with Gasteiger partial charge in [-0.2, -0.15) is 0 Å². The predicted octanol–water partition coefficient (Wildman–Crippen LogP) is 4.36. The van der Waals surface area contributed by atoms with Crippen molar-refractivity contribution >= 4 is 11.8 Å². The summed E-state index contributed by atoms with van der Waals surface area (Å²) in [4.78, 5) is 18.9. The van der Waals surface area contributed by atoms with Gasteiger partial charge in [0.15, 0.2) is 0 Å². The molecule has 0 bridgehead atoms. The molecular formula is C22H23FN4O2. The molecule has 3 aromatic rings. The zero-order valence-electron chi connectivity index (χ0n) is 16.1. The number of piperidine rings is 1. The molecule has 1 saturated heterocycles. The van der Waals surface area contributed by atoms with E-state index in [4.69, 9.17) is 4.52 Å². The third kappa shape index (κ3) is 4.68. The zero-order valence-corrected chi connectivity index (χ0v) is 16.1. The van der Waals surface area contributed by atoms with Gasteiger partial charge in [-0.1, -0.05) is 11.6 Å². The minimum Gasteiger partial charge on any atom is -0.337 e. The van der Waals surface area contributed by atoms with Crippen molar-refractivity contribution in [2.24, 2.45) is 0 Å². The molecule has 1 fully saturated rings. The van der Waals surface area contributed by atoms with Crippen molar-refractivity contribution in [3.8, 4) is 22.4 Å². The maximum Gasteiger partial charge on any atom is 0.239 e. The van der Waals surface area contributed by atoms with Crippen LogP contribution in [0.5, 0.6) is 0 Å². The summed E-state index contributed by atoms with van der Waals surface area (Å²) in [6.45, 7) is 2.83. The largest absolute Gasteiger partial charge is 0.337 e. The summed E-state index contributed by atoms with van der Waals surface area (Å²) in [6.07, 6.45) is 7.37. The normalized spacial score (nSPS) is 14.7. The third-order valence-corrected chi connectivity index (χ3v) is 5.14. The highest BCUT2D eigenvalue weighted by Crippen LogP contribution is 2.37. The van der Waals surface area contributed by atoms with E-state index in [1.807, 2.05) is 12.1 Å². The van der Waals surface area contributed by atoms with Crippen molar-refractivity contribution in [1.82, 2.24) is 15.0 Å². The molecule has 6 nitrogen and oxygen atoms in total. The summed E-state index contributed by atoms with van der Waals surface area (Å²) in [6, 6.07) is 9.67. The van der Waals surface area contributed by atoms with Gasteiger partial charge in [0.25, 0.3) is 0 Å². The Morgan fingerprint density at radius 3 is 2.48 bits per heavy atom. The Hall–Kier alpha value is -3.06. The molecule has 150 valence electrons. The number of carbonyl (C=O) groups excluding carboxylic acids is 1. The molecule has 2 aromatic heterocycles. The molecule has 0 saturated carbocycles. The number of amides is 1. The van der Waals surface area contributed by atoms with E-state index < -0.39 is 0 Å². The average molecular weight is 394 g/mol. The van der Waals surface area contributed by atoms with Crippen LogP contribution in [0, 0.1) is 5.82 Å². The molecule has 29 heavy (non-hydrogen) atoms. The number of hydrogen-bond acceptors (Lipinski definition) is 5. The predicted molar refractivity (Wildman–Crippen MR) is 109 cm³/mol. The van der Waals surface area contributed by atoms with E-state index in [0.29, 0.717) is 29.1 Å². The number of anilines is 1. The Labute approximate surface area is 168 Å². The number of pyridine rings is 1. The molecule has 0 atom stereocenters. The number of benzene rings is 1. The number of carbonyl (C=O) groups is 1. The fourth-order valence-electron chi connectivity index (χ4n) is 3.60. The van der Waals surface area contributed by atoms with E-state index >= 15 is 0 Å². The SMILES string of the molecule is O=C(CCN1CCCCC1)Nc1onc(-c2ccc(F)cc2)c1-c1ccncc1. The van der Waals surface area contributed by atoms with Crippen LogP contribution in [0.15, 0.2) is 53.3 Å². The number of rotatable bonds is 6. The van der Waals surface area contributed by atoms with Gasteiger partial charge >= 0.3 is 0 Å². The summed E-state index contributed by atoms with van der Waals surface area (Å²) in [5.41, 5.74) is 2.72. The van der Waals surface area contributed by atoms with E-state index in [1.54, 1.807) is 24.5 Å². The van der Waals surface area contributed by atoms with Gasteiger partial charge in [0.1, 0.15) is 11.5 Å². The first kappa shape index (κ1) is 19.3. The van der Waals surface area contributed by atoms with Gasteiger partial charge in [-0.05, 0) is 67.9 Å². The van der Waals surface area contributed by atoms with E-state index in [0.717, 1.165) is 25.2 Å². The molecule has 1 aliphatic heterocycles. The van der Waals surface area contributed by atoms with Crippen molar-refractivity contribution < 1.29 is 13.7 Å². The second-order valence-electron chi connectivity index (χ2n) is 7.18. The maximum absolute atomic E-state index is 13.3. The quantitative estimate of drug-likeness (QED) is 0.673. The van der Waals surface area contributed by atoms with Crippen molar-refractivity contribution in [1.29, 1.82) is 0 Å². The summed E-state index contributed by atoms with van der Waals surface area (Å²) in [5, 5.41) is 7.01. The van der Waals surface area contributed by atoms with Gasteiger partial charge < -0.3 is 9.42 Å². The number of halogens is 1. The standard InChI is InChI=1S/C22H23FN4O2/c23-18-6-4-17(5-7-18)21-20(16-8-11-24-12-9-16)22(29-26-21)25-19(28)10-15-27-13-2-1-3-14-27/h4-9,11-12H,1-3,10,13-15H2,(H,25,28). The molecule has 1 aromatic carbocycles. The minimum atomic E-state index is -0.325. The number of nitrogens with zero attached hydrogens (tertiary/aromatic N) is 3. The van der Waals surface area contributed by atoms with Crippen LogP contribution in [0.3, 0.4) is 0 Å². The smallest absolute Gasteiger partial charge is 0.239 e. The van der Waals surface area contributed by atoms with Crippen LogP contribution in [-0.4, -0.2) is 40.6 Å². The van der Waals surface area contributed by atoms with Crippen LogP contribution in [0.1, 0.15) is 25.7 Å². The Morgan fingerprint density at radius 1 is 1.03 bits per heavy atom. The monoisotopic (exact) mass is 394 g/mol. The lowest BCUT2D eigenvalue weighted by atomic mass is 10.0. The Kier molecular flexibility index (Phi) is 5.95. The van der Waals surface area contributed by atoms with E-state index in [-0.39, 0.29) is 11.7 Å². The first-order valence-corrected chi connectivity index (χ1v) is 9.89. The fraction of sp³-hybridized carbons (Fsp3) is 0.318. The first-order valence-electron chi connectivity index (χ1n) is 9.89. The van der Waals surface area contributed by atoms with Crippen LogP contribution in [-0.2, 0) is 4.79 Å². The minimum absolute atomic E-state index is 0.118. The van der Waals surface area contributed by atoms with Crippen LogP contribution in [0.4, 0.5) is 10.3 Å². The van der Waals surface area contributed by atoms with E-state index in [9.17, 15) is 9.18 Å². The fourth-order valence-corrected chi connectivity index (χ4v) is 3.60. The highest BCUT2D eigenvalue weighted by atomic mass is 19.1. The Bertz CT molecular complexity index is 951. The molecular weight excluding hydrogens is 371 g/mol. The molecule has 1 aliphatic rings. The number of hydrogen-bond donors (Lipinski definition) is 1. The molecule has 4 rings (SSSR count). The van der Waals surface area contributed by atoms with Gasteiger partial charge in [-0.15, -0.1) is 0 Å². The summed E-state index contributed by atoms with van der Waals surface area (Å²) in [7, 11) is 0. The topological polar surface area (TPSA) is 71.3 Å². The molecule has 1 amide bonds. The Morgan fingerprint density at radius 2 is 1.76 bits per heavy atom. The van der Waals surface area contributed by atoms with E-state index in [2.05, 4.69) is 20.4 Å². The summed E-state index contributed by atoms with van der Waals surface area (Å²) >= 11 is 0.